The van der Waals surface area contributed by atoms with Gasteiger partial charge in [0.05, 0.1) is 6.54 Å². The van der Waals surface area contributed by atoms with E-state index in [1.807, 2.05) is 6.92 Å². The van der Waals surface area contributed by atoms with Gasteiger partial charge in [0.1, 0.15) is 0 Å². The van der Waals surface area contributed by atoms with Crippen molar-refractivity contribution in [1.29, 1.82) is 0 Å². The van der Waals surface area contributed by atoms with Gasteiger partial charge in [0.25, 0.3) is 0 Å². The highest BCUT2D eigenvalue weighted by Crippen LogP contribution is 1.91. The Labute approximate surface area is 83.0 Å². The summed E-state index contributed by atoms with van der Waals surface area (Å²) < 4.78 is 0. The minimum Gasteiger partial charge on any atom is -0.355 e. The van der Waals surface area contributed by atoms with E-state index in [9.17, 15) is 4.79 Å². The zero-order chi connectivity index (χ0) is 10.2. The fourth-order valence-corrected chi connectivity index (χ4v) is 0.877. The minimum absolute atomic E-state index is 0.0423. The van der Waals surface area contributed by atoms with Crippen LogP contribution in [0.5, 0.6) is 0 Å². The van der Waals surface area contributed by atoms with Crippen molar-refractivity contribution in [3.05, 3.63) is 18.5 Å². The lowest BCUT2D eigenvalue weighted by atomic mass is 10.4. The normalized spacial score (nSPS) is 9.50. The number of aromatic nitrogens is 2. The van der Waals surface area contributed by atoms with Crippen LogP contribution in [0, 0.1) is 0 Å². The summed E-state index contributed by atoms with van der Waals surface area (Å²) in [6.07, 6.45) is 4.19. The molecule has 0 fully saturated rings. The molecule has 0 saturated carbocycles. The highest BCUT2D eigenvalue weighted by Gasteiger charge is 1.99. The fourth-order valence-electron chi connectivity index (χ4n) is 0.877. The summed E-state index contributed by atoms with van der Waals surface area (Å²) in [5, 5.41) is 5.56. The highest BCUT2D eigenvalue weighted by molar-refractivity contribution is 5.80. The SMILES string of the molecule is CCCNC(=O)CNc1ncccn1. The van der Waals surface area contributed by atoms with Crippen LogP contribution in [0.15, 0.2) is 18.5 Å². The van der Waals surface area contributed by atoms with Crippen LogP contribution in [0.2, 0.25) is 0 Å². The summed E-state index contributed by atoms with van der Waals surface area (Å²) in [5.41, 5.74) is 0. The monoisotopic (exact) mass is 194 g/mol. The topological polar surface area (TPSA) is 66.9 Å². The van der Waals surface area contributed by atoms with Crippen molar-refractivity contribution in [3.8, 4) is 0 Å². The Bertz CT molecular complexity index is 275. The maximum Gasteiger partial charge on any atom is 0.239 e. The van der Waals surface area contributed by atoms with Crippen molar-refractivity contribution in [3.63, 3.8) is 0 Å². The van der Waals surface area contributed by atoms with Crippen molar-refractivity contribution in [2.45, 2.75) is 13.3 Å². The van der Waals surface area contributed by atoms with Gasteiger partial charge < -0.3 is 10.6 Å². The second-order valence-corrected chi connectivity index (χ2v) is 2.78. The molecule has 1 rings (SSSR count). The summed E-state index contributed by atoms with van der Waals surface area (Å²) in [5.74, 6) is 0.429. The first-order valence-electron chi connectivity index (χ1n) is 4.60. The molecule has 0 aliphatic heterocycles. The number of carbonyl (C=O) groups excluding carboxylic acids is 1. The van der Waals surface area contributed by atoms with Crippen LogP contribution in [-0.2, 0) is 4.79 Å². The van der Waals surface area contributed by atoms with Gasteiger partial charge in [-0.05, 0) is 12.5 Å². The van der Waals surface area contributed by atoms with Crippen LogP contribution >= 0.6 is 0 Å². The average molecular weight is 194 g/mol. The molecule has 1 amide bonds. The van der Waals surface area contributed by atoms with Gasteiger partial charge >= 0.3 is 0 Å². The molecule has 1 aromatic heterocycles. The Morgan fingerprint density at radius 1 is 1.43 bits per heavy atom. The molecular formula is C9H14N4O. The zero-order valence-electron chi connectivity index (χ0n) is 8.16. The van der Waals surface area contributed by atoms with Crippen LogP contribution < -0.4 is 10.6 Å². The first kappa shape index (κ1) is 10.4. The number of amides is 1. The molecule has 0 aromatic carbocycles. The molecule has 5 heteroatoms. The van der Waals surface area contributed by atoms with Crippen LogP contribution in [-0.4, -0.2) is 29.0 Å². The van der Waals surface area contributed by atoms with Crippen LogP contribution in [0.25, 0.3) is 0 Å². The van der Waals surface area contributed by atoms with Gasteiger partial charge in [-0.2, -0.15) is 0 Å². The van der Waals surface area contributed by atoms with E-state index in [1.165, 1.54) is 0 Å². The molecule has 0 aliphatic carbocycles. The second-order valence-electron chi connectivity index (χ2n) is 2.78. The summed E-state index contributed by atoms with van der Waals surface area (Å²) >= 11 is 0. The van der Waals surface area contributed by atoms with E-state index < -0.39 is 0 Å². The largest absolute Gasteiger partial charge is 0.355 e. The van der Waals surface area contributed by atoms with E-state index in [2.05, 4.69) is 20.6 Å². The van der Waals surface area contributed by atoms with Crippen molar-refractivity contribution in [2.24, 2.45) is 0 Å². The van der Waals surface area contributed by atoms with Crippen molar-refractivity contribution in [2.75, 3.05) is 18.4 Å². The molecule has 0 atom stereocenters. The fraction of sp³-hybridized carbons (Fsp3) is 0.444. The number of carbonyl (C=O) groups is 1. The van der Waals surface area contributed by atoms with Gasteiger partial charge in [0.15, 0.2) is 0 Å². The van der Waals surface area contributed by atoms with Gasteiger partial charge in [0.2, 0.25) is 11.9 Å². The third kappa shape index (κ3) is 3.84. The maximum atomic E-state index is 11.1. The summed E-state index contributed by atoms with van der Waals surface area (Å²) in [6, 6.07) is 1.72. The third-order valence-corrected chi connectivity index (χ3v) is 1.55. The number of hydrogen-bond donors (Lipinski definition) is 2. The second kappa shape index (κ2) is 5.90. The van der Waals surface area contributed by atoms with E-state index in [-0.39, 0.29) is 12.5 Å². The molecule has 0 unspecified atom stereocenters. The van der Waals surface area contributed by atoms with Crippen LogP contribution in [0.1, 0.15) is 13.3 Å². The number of nitrogens with one attached hydrogen (secondary N) is 2. The van der Waals surface area contributed by atoms with E-state index >= 15 is 0 Å². The third-order valence-electron chi connectivity index (χ3n) is 1.55. The molecule has 14 heavy (non-hydrogen) atoms. The molecule has 5 nitrogen and oxygen atoms in total. The van der Waals surface area contributed by atoms with Crippen LogP contribution in [0.3, 0.4) is 0 Å². The minimum atomic E-state index is -0.0423. The molecule has 0 spiro atoms. The lowest BCUT2D eigenvalue weighted by Crippen LogP contribution is -2.30. The van der Waals surface area contributed by atoms with Gasteiger partial charge in [-0.1, -0.05) is 6.92 Å². The quantitative estimate of drug-likeness (QED) is 0.712. The molecule has 0 aliphatic rings. The van der Waals surface area contributed by atoms with Crippen LogP contribution in [0.4, 0.5) is 5.95 Å². The number of nitrogens with zero attached hydrogens (tertiary/aromatic N) is 2. The zero-order valence-corrected chi connectivity index (χ0v) is 8.16. The Hall–Kier alpha value is -1.65. The summed E-state index contributed by atoms with van der Waals surface area (Å²) in [6.45, 7) is 2.92. The Balaban J connectivity index is 2.24. The van der Waals surface area contributed by atoms with E-state index in [0.29, 0.717) is 12.5 Å². The number of anilines is 1. The van der Waals surface area contributed by atoms with Gasteiger partial charge in [-0.15, -0.1) is 0 Å². The van der Waals surface area contributed by atoms with E-state index in [4.69, 9.17) is 0 Å². The molecule has 2 N–H and O–H groups in total. The summed E-state index contributed by atoms with van der Waals surface area (Å²) in [4.78, 5) is 19.0. The number of hydrogen-bond acceptors (Lipinski definition) is 4. The number of rotatable bonds is 5. The van der Waals surface area contributed by atoms with Gasteiger partial charge in [0, 0.05) is 18.9 Å². The van der Waals surface area contributed by atoms with E-state index in [0.717, 1.165) is 6.42 Å². The standard InChI is InChI=1S/C9H14N4O/c1-2-4-10-8(14)7-13-9-11-5-3-6-12-9/h3,5-6H,2,4,7H2,1H3,(H,10,14)(H,11,12,13). The Kier molecular flexibility index (Phi) is 4.40. The predicted octanol–water partition coefficient (Wildman–Crippen LogP) is 0.415. The molecule has 0 radical (unpaired) electrons. The molecule has 0 saturated heterocycles. The molecule has 76 valence electrons. The molecule has 1 heterocycles. The van der Waals surface area contributed by atoms with Gasteiger partial charge in [-0.3, -0.25) is 4.79 Å². The van der Waals surface area contributed by atoms with Gasteiger partial charge in [-0.25, -0.2) is 9.97 Å². The predicted molar refractivity (Wildman–Crippen MR) is 53.8 cm³/mol. The molecule has 1 aromatic rings. The smallest absolute Gasteiger partial charge is 0.239 e. The first-order chi connectivity index (χ1) is 6.83. The molecule has 0 bridgehead atoms. The lowest BCUT2D eigenvalue weighted by molar-refractivity contribution is -0.119. The Morgan fingerprint density at radius 2 is 2.14 bits per heavy atom. The molecular weight excluding hydrogens is 180 g/mol. The summed E-state index contributed by atoms with van der Waals surface area (Å²) in [7, 11) is 0. The lowest BCUT2D eigenvalue weighted by Gasteiger charge is -2.04. The first-order valence-corrected chi connectivity index (χ1v) is 4.60. The highest BCUT2D eigenvalue weighted by atomic mass is 16.1. The van der Waals surface area contributed by atoms with E-state index in [1.54, 1.807) is 18.5 Å². The van der Waals surface area contributed by atoms with Crippen molar-refractivity contribution < 1.29 is 4.79 Å². The Morgan fingerprint density at radius 3 is 2.79 bits per heavy atom. The maximum absolute atomic E-state index is 11.1. The van der Waals surface area contributed by atoms with Crippen molar-refractivity contribution in [1.82, 2.24) is 15.3 Å². The average Bonchev–Trinajstić information content (AvgIpc) is 2.25. The van der Waals surface area contributed by atoms with Crippen molar-refractivity contribution >= 4 is 11.9 Å².